The van der Waals surface area contributed by atoms with Gasteiger partial charge >= 0.3 is 0 Å². The molecule has 0 aliphatic heterocycles. The summed E-state index contributed by atoms with van der Waals surface area (Å²) in [6.45, 7) is 5.57. The molecule has 0 amide bonds. The molecule has 1 aliphatic rings. The smallest absolute Gasteiger partial charge is 0.00489 e. The van der Waals surface area contributed by atoms with Gasteiger partial charge in [-0.1, -0.05) is 46.0 Å². The van der Waals surface area contributed by atoms with Crippen LogP contribution in [0, 0.1) is 17.8 Å². The maximum Gasteiger partial charge on any atom is -0.00489 e. The summed E-state index contributed by atoms with van der Waals surface area (Å²) < 4.78 is 0. The maximum atomic E-state index is 5.73. The lowest BCUT2D eigenvalue weighted by atomic mass is 9.84. The van der Waals surface area contributed by atoms with E-state index in [0.29, 0.717) is 0 Å². The molecule has 78 valence electrons. The predicted molar refractivity (Wildman–Crippen MR) is 58.6 cm³/mol. The first-order valence-corrected chi connectivity index (χ1v) is 5.98. The van der Waals surface area contributed by atoms with Gasteiger partial charge in [0.05, 0.1) is 0 Å². The van der Waals surface area contributed by atoms with Crippen LogP contribution in [0.25, 0.3) is 0 Å². The van der Waals surface area contributed by atoms with Gasteiger partial charge in [0.1, 0.15) is 0 Å². The fourth-order valence-corrected chi connectivity index (χ4v) is 2.67. The van der Waals surface area contributed by atoms with E-state index in [-0.39, 0.29) is 0 Å². The highest BCUT2D eigenvalue weighted by Gasteiger charge is 2.22. The molecule has 0 aromatic rings. The molecule has 0 saturated heterocycles. The summed E-state index contributed by atoms with van der Waals surface area (Å²) in [6.07, 6.45) is 8.50. The van der Waals surface area contributed by atoms with Crippen LogP contribution < -0.4 is 5.73 Å². The summed E-state index contributed by atoms with van der Waals surface area (Å²) >= 11 is 0. The van der Waals surface area contributed by atoms with Crippen molar-refractivity contribution >= 4 is 0 Å². The van der Waals surface area contributed by atoms with Crippen molar-refractivity contribution in [3.8, 4) is 0 Å². The number of hydrogen-bond donors (Lipinski definition) is 1. The minimum Gasteiger partial charge on any atom is -0.330 e. The lowest BCUT2D eigenvalue weighted by Gasteiger charge is -2.23. The van der Waals surface area contributed by atoms with E-state index in [0.717, 1.165) is 24.3 Å². The highest BCUT2D eigenvalue weighted by atomic mass is 14.5. The molecule has 0 unspecified atom stereocenters. The Bertz CT molecular complexity index is 123. The zero-order valence-corrected chi connectivity index (χ0v) is 9.26. The molecule has 13 heavy (non-hydrogen) atoms. The summed E-state index contributed by atoms with van der Waals surface area (Å²) in [5.41, 5.74) is 5.73. The Morgan fingerprint density at radius 3 is 2.38 bits per heavy atom. The summed E-state index contributed by atoms with van der Waals surface area (Å²) in [5, 5.41) is 0. The Balaban J connectivity index is 2.25. The van der Waals surface area contributed by atoms with Crippen LogP contribution in [-0.2, 0) is 0 Å². The molecule has 1 heteroatoms. The Kier molecular flexibility index (Phi) is 4.79. The van der Waals surface area contributed by atoms with Crippen molar-refractivity contribution in [2.24, 2.45) is 23.5 Å². The van der Waals surface area contributed by atoms with Crippen LogP contribution in [0.5, 0.6) is 0 Å². The van der Waals surface area contributed by atoms with Gasteiger partial charge in [0.15, 0.2) is 0 Å². The third kappa shape index (κ3) is 3.30. The fraction of sp³-hybridized carbons (Fsp3) is 1.00. The van der Waals surface area contributed by atoms with Crippen molar-refractivity contribution in [3.05, 3.63) is 0 Å². The van der Waals surface area contributed by atoms with Gasteiger partial charge in [0.25, 0.3) is 0 Å². The van der Waals surface area contributed by atoms with Gasteiger partial charge < -0.3 is 5.73 Å². The molecular weight excluding hydrogens is 158 g/mol. The molecular formula is C12H25N. The third-order valence-corrected chi connectivity index (χ3v) is 3.82. The van der Waals surface area contributed by atoms with Gasteiger partial charge in [0.2, 0.25) is 0 Å². The molecule has 0 aromatic heterocycles. The van der Waals surface area contributed by atoms with Gasteiger partial charge in [0, 0.05) is 0 Å². The Labute approximate surface area is 83.1 Å². The summed E-state index contributed by atoms with van der Waals surface area (Å²) in [4.78, 5) is 0. The molecule has 0 bridgehead atoms. The van der Waals surface area contributed by atoms with Crippen LogP contribution in [0.15, 0.2) is 0 Å². The van der Waals surface area contributed by atoms with Crippen molar-refractivity contribution in [1.29, 1.82) is 0 Å². The van der Waals surface area contributed by atoms with Gasteiger partial charge in [-0.2, -0.15) is 0 Å². The van der Waals surface area contributed by atoms with E-state index in [2.05, 4.69) is 13.8 Å². The SMILES string of the molecule is CC[C@H](CN)C[C@H](C)C1CCCC1. The zero-order valence-electron chi connectivity index (χ0n) is 9.26. The number of nitrogens with two attached hydrogens (primary N) is 1. The summed E-state index contributed by atoms with van der Waals surface area (Å²) in [6, 6.07) is 0. The Morgan fingerprint density at radius 1 is 1.31 bits per heavy atom. The fourth-order valence-electron chi connectivity index (χ4n) is 2.67. The van der Waals surface area contributed by atoms with Gasteiger partial charge in [-0.05, 0) is 30.7 Å². The van der Waals surface area contributed by atoms with Crippen LogP contribution in [0.4, 0.5) is 0 Å². The predicted octanol–water partition coefficient (Wildman–Crippen LogP) is 3.19. The lowest BCUT2D eigenvalue weighted by molar-refractivity contribution is 0.289. The average molecular weight is 183 g/mol. The Hall–Kier alpha value is -0.0400. The van der Waals surface area contributed by atoms with Crippen molar-refractivity contribution in [2.45, 2.75) is 52.4 Å². The monoisotopic (exact) mass is 183 g/mol. The van der Waals surface area contributed by atoms with E-state index in [4.69, 9.17) is 5.73 Å². The lowest BCUT2D eigenvalue weighted by Crippen LogP contribution is -2.19. The van der Waals surface area contributed by atoms with Gasteiger partial charge in [-0.15, -0.1) is 0 Å². The molecule has 0 aromatic carbocycles. The average Bonchev–Trinajstić information content (AvgIpc) is 2.66. The van der Waals surface area contributed by atoms with E-state index in [1.54, 1.807) is 0 Å². The molecule has 0 spiro atoms. The van der Waals surface area contributed by atoms with Gasteiger partial charge in [-0.3, -0.25) is 0 Å². The van der Waals surface area contributed by atoms with E-state index in [1.807, 2.05) is 0 Å². The first-order chi connectivity index (χ1) is 6.27. The molecule has 1 aliphatic carbocycles. The van der Waals surface area contributed by atoms with E-state index in [1.165, 1.54) is 38.5 Å². The van der Waals surface area contributed by atoms with Gasteiger partial charge in [-0.25, -0.2) is 0 Å². The summed E-state index contributed by atoms with van der Waals surface area (Å²) in [7, 11) is 0. The standard InChI is InChI=1S/C12H25N/c1-3-11(9-13)8-10(2)12-6-4-5-7-12/h10-12H,3-9,13H2,1-2H3/t10-,11-/m0/s1. The maximum absolute atomic E-state index is 5.73. The van der Waals surface area contributed by atoms with Crippen LogP contribution in [0.3, 0.4) is 0 Å². The van der Waals surface area contributed by atoms with Crippen LogP contribution in [-0.4, -0.2) is 6.54 Å². The second-order valence-electron chi connectivity index (χ2n) is 4.77. The van der Waals surface area contributed by atoms with Crippen molar-refractivity contribution in [2.75, 3.05) is 6.54 Å². The minimum absolute atomic E-state index is 0.774. The molecule has 2 N–H and O–H groups in total. The van der Waals surface area contributed by atoms with Crippen LogP contribution in [0.1, 0.15) is 52.4 Å². The quantitative estimate of drug-likeness (QED) is 0.696. The van der Waals surface area contributed by atoms with E-state index >= 15 is 0 Å². The zero-order chi connectivity index (χ0) is 9.68. The second kappa shape index (κ2) is 5.64. The van der Waals surface area contributed by atoms with Crippen molar-refractivity contribution in [1.82, 2.24) is 0 Å². The van der Waals surface area contributed by atoms with Crippen molar-refractivity contribution in [3.63, 3.8) is 0 Å². The molecule has 0 radical (unpaired) electrons. The number of hydrogen-bond acceptors (Lipinski definition) is 1. The number of rotatable bonds is 5. The van der Waals surface area contributed by atoms with E-state index in [9.17, 15) is 0 Å². The second-order valence-corrected chi connectivity index (χ2v) is 4.77. The summed E-state index contributed by atoms with van der Waals surface area (Å²) in [5.74, 6) is 2.70. The first-order valence-electron chi connectivity index (χ1n) is 5.98. The minimum atomic E-state index is 0.774. The normalized spacial score (nSPS) is 23.3. The molecule has 0 heterocycles. The molecule has 1 rings (SSSR count). The van der Waals surface area contributed by atoms with Crippen molar-refractivity contribution < 1.29 is 0 Å². The first kappa shape index (κ1) is 11.0. The molecule has 1 fully saturated rings. The van der Waals surface area contributed by atoms with Crippen LogP contribution >= 0.6 is 0 Å². The van der Waals surface area contributed by atoms with Crippen LogP contribution in [0.2, 0.25) is 0 Å². The molecule has 1 saturated carbocycles. The largest absolute Gasteiger partial charge is 0.330 e. The highest BCUT2D eigenvalue weighted by molar-refractivity contribution is 4.75. The third-order valence-electron chi connectivity index (χ3n) is 3.82. The topological polar surface area (TPSA) is 26.0 Å². The Morgan fingerprint density at radius 2 is 1.92 bits per heavy atom. The van der Waals surface area contributed by atoms with E-state index < -0.39 is 0 Å². The molecule has 1 nitrogen and oxygen atoms in total. The molecule has 2 atom stereocenters. The highest BCUT2D eigenvalue weighted by Crippen LogP contribution is 2.34.